The Balaban J connectivity index is 1.55. The summed E-state index contributed by atoms with van der Waals surface area (Å²) in [4.78, 5) is 9.39. The van der Waals surface area contributed by atoms with Crippen LogP contribution in [0.25, 0.3) is 23.3 Å². The van der Waals surface area contributed by atoms with Gasteiger partial charge in [0.15, 0.2) is 0 Å². The molecule has 32 heavy (non-hydrogen) atoms. The second-order valence-corrected chi connectivity index (χ2v) is 7.13. The lowest BCUT2D eigenvalue weighted by atomic mass is 10.0. The zero-order valence-electron chi connectivity index (χ0n) is 17.8. The van der Waals surface area contributed by atoms with Crippen molar-refractivity contribution in [1.82, 2.24) is 0 Å². The van der Waals surface area contributed by atoms with Gasteiger partial charge in [-0.15, -0.1) is 0 Å². The van der Waals surface area contributed by atoms with Crippen LogP contribution in [0.15, 0.2) is 131 Å². The number of benzene rings is 4. The third-order valence-corrected chi connectivity index (χ3v) is 4.87. The number of hydrogen-bond donors (Lipinski definition) is 0. The van der Waals surface area contributed by atoms with Gasteiger partial charge in [0.1, 0.15) is 0 Å². The van der Waals surface area contributed by atoms with Crippen molar-refractivity contribution in [2.45, 2.75) is 0 Å². The van der Waals surface area contributed by atoms with Crippen LogP contribution in [0.3, 0.4) is 0 Å². The van der Waals surface area contributed by atoms with E-state index in [1.54, 1.807) is 0 Å². The van der Waals surface area contributed by atoms with Crippen LogP contribution in [0.5, 0.6) is 0 Å². The van der Waals surface area contributed by atoms with Crippen molar-refractivity contribution in [3.63, 3.8) is 0 Å². The van der Waals surface area contributed by atoms with E-state index in [1.807, 2.05) is 110 Å². The average molecular weight is 413 g/mol. The summed E-state index contributed by atoms with van der Waals surface area (Å²) in [5.74, 6) is 0. The summed E-state index contributed by atoms with van der Waals surface area (Å²) in [5, 5.41) is 0. The van der Waals surface area contributed by atoms with E-state index in [0.29, 0.717) is 0 Å². The van der Waals surface area contributed by atoms with Gasteiger partial charge in [0.25, 0.3) is 0 Å². The van der Waals surface area contributed by atoms with Crippen molar-refractivity contribution < 1.29 is 0 Å². The second kappa shape index (κ2) is 11.2. The topological polar surface area (TPSA) is 24.7 Å². The number of rotatable bonds is 7. The minimum absolute atomic E-state index is 0.910. The highest BCUT2D eigenvalue weighted by Gasteiger charge is 2.07. The molecule has 154 valence electrons. The summed E-state index contributed by atoms with van der Waals surface area (Å²) in [7, 11) is 0. The van der Waals surface area contributed by atoms with E-state index >= 15 is 0 Å². The van der Waals surface area contributed by atoms with Crippen molar-refractivity contribution in [2.24, 2.45) is 9.98 Å². The molecule has 0 saturated heterocycles. The molecule has 0 N–H and O–H groups in total. The zero-order chi connectivity index (χ0) is 21.8. The number of aliphatic imine (C=N–C) groups is 2. The second-order valence-electron chi connectivity index (χ2n) is 7.13. The summed E-state index contributed by atoms with van der Waals surface area (Å²) < 4.78 is 0. The van der Waals surface area contributed by atoms with Gasteiger partial charge in [-0.25, -0.2) is 0 Å². The first-order valence-corrected chi connectivity index (χ1v) is 10.6. The van der Waals surface area contributed by atoms with Crippen LogP contribution in [0.4, 0.5) is 11.4 Å². The summed E-state index contributed by atoms with van der Waals surface area (Å²) in [6, 6.07) is 36.7. The standard InChI is InChI=1S/C30H24N2/c1-3-13-25(14-4-1)17-11-23-31-29-21-9-7-19-27(29)28-20-8-10-22-30(28)32-24-12-18-26-15-5-2-6-16-26/h1-24H/b17-11-,18-12+,31-23?,32-24?. The Morgan fingerprint density at radius 2 is 0.781 bits per heavy atom. The van der Waals surface area contributed by atoms with E-state index in [1.165, 1.54) is 0 Å². The molecule has 0 unspecified atom stereocenters. The van der Waals surface area contributed by atoms with Gasteiger partial charge in [-0.3, -0.25) is 9.98 Å². The number of para-hydroxylation sites is 2. The van der Waals surface area contributed by atoms with Crippen molar-refractivity contribution in [1.29, 1.82) is 0 Å². The largest absolute Gasteiger partial charge is 0.256 e. The third-order valence-electron chi connectivity index (χ3n) is 4.87. The SMILES string of the molecule is C(/C=C\c1ccccc1)=Nc1ccccc1-c1ccccc1N=C/C=C/c1ccccc1. The molecule has 0 amide bonds. The van der Waals surface area contributed by atoms with Gasteiger partial charge in [-0.2, -0.15) is 0 Å². The number of nitrogens with zero attached hydrogens (tertiary/aromatic N) is 2. The molecule has 0 heterocycles. The molecule has 0 fully saturated rings. The molecule has 2 heteroatoms. The Bertz CT molecular complexity index is 1150. The molecule has 0 aliphatic heterocycles. The first kappa shape index (κ1) is 21.0. The van der Waals surface area contributed by atoms with E-state index < -0.39 is 0 Å². The van der Waals surface area contributed by atoms with Gasteiger partial charge in [0, 0.05) is 23.6 Å². The number of hydrogen-bond acceptors (Lipinski definition) is 2. The van der Waals surface area contributed by atoms with Gasteiger partial charge in [0.05, 0.1) is 11.4 Å². The Hall–Kier alpha value is -4.30. The molecule has 0 saturated carbocycles. The van der Waals surface area contributed by atoms with Gasteiger partial charge in [-0.05, 0) is 35.4 Å². The maximum atomic E-state index is 4.70. The quantitative estimate of drug-likeness (QED) is 0.273. The van der Waals surface area contributed by atoms with Crippen LogP contribution in [-0.2, 0) is 0 Å². The monoisotopic (exact) mass is 412 g/mol. The highest BCUT2D eigenvalue weighted by molar-refractivity contribution is 5.90. The molecule has 0 aliphatic carbocycles. The third kappa shape index (κ3) is 5.87. The van der Waals surface area contributed by atoms with Crippen molar-refractivity contribution in [2.75, 3.05) is 0 Å². The summed E-state index contributed by atoms with van der Waals surface area (Å²) in [6.07, 6.45) is 11.7. The van der Waals surface area contributed by atoms with E-state index in [4.69, 9.17) is 9.98 Å². The van der Waals surface area contributed by atoms with E-state index in [-0.39, 0.29) is 0 Å². The molecule has 0 bridgehead atoms. The summed E-state index contributed by atoms with van der Waals surface area (Å²) in [6.45, 7) is 0. The van der Waals surface area contributed by atoms with Crippen LogP contribution < -0.4 is 0 Å². The highest BCUT2D eigenvalue weighted by Crippen LogP contribution is 2.36. The lowest BCUT2D eigenvalue weighted by Gasteiger charge is -2.08. The molecule has 4 aromatic carbocycles. The highest BCUT2D eigenvalue weighted by atomic mass is 14.7. The fourth-order valence-electron chi connectivity index (χ4n) is 3.31. The van der Waals surface area contributed by atoms with Crippen molar-refractivity contribution >= 4 is 36.0 Å². The van der Waals surface area contributed by atoms with E-state index in [9.17, 15) is 0 Å². The van der Waals surface area contributed by atoms with Gasteiger partial charge >= 0.3 is 0 Å². The van der Waals surface area contributed by atoms with Crippen LogP contribution in [0, 0.1) is 0 Å². The first-order valence-electron chi connectivity index (χ1n) is 10.6. The molecule has 0 aliphatic rings. The Kier molecular flexibility index (Phi) is 7.33. The van der Waals surface area contributed by atoms with Crippen LogP contribution in [-0.4, -0.2) is 12.4 Å². The van der Waals surface area contributed by atoms with Crippen LogP contribution in [0.2, 0.25) is 0 Å². The predicted octanol–water partition coefficient (Wildman–Crippen LogP) is 8.19. The average Bonchev–Trinajstić information content (AvgIpc) is 2.86. The molecule has 2 nitrogen and oxygen atoms in total. The van der Waals surface area contributed by atoms with Gasteiger partial charge in [0.2, 0.25) is 0 Å². The molecular formula is C30H24N2. The van der Waals surface area contributed by atoms with Crippen molar-refractivity contribution in [3.05, 3.63) is 132 Å². The summed E-state index contributed by atoms with van der Waals surface area (Å²) in [5.41, 5.74) is 6.22. The normalized spacial score (nSPS) is 11.9. The zero-order valence-corrected chi connectivity index (χ0v) is 17.8. The molecule has 0 radical (unpaired) electrons. The Morgan fingerprint density at radius 1 is 0.406 bits per heavy atom. The van der Waals surface area contributed by atoms with Crippen LogP contribution >= 0.6 is 0 Å². The molecule has 0 atom stereocenters. The maximum absolute atomic E-state index is 4.70. The van der Waals surface area contributed by atoms with Crippen LogP contribution in [0.1, 0.15) is 11.1 Å². The molecule has 0 aromatic heterocycles. The Morgan fingerprint density at radius 3 is 1.22 bits per heavy atom. The fourth-order valence-corrected chi connectivity index (χ4v) is 3.31. The fraction of sp³-hybridized carbons (Fsp3) is 0. The minimum Gasteiger partial charge on any atom is -0.256 e. The van der Waals surface area contributed by atoms with Crippen molar-refractivity contribution in [3.8, 4) is 11.1 Å². The number of allylic oxidation sites excluding steroid dienone is 2. The predicted molar refractivity (Wildman–Crippen MR) is 139 cm³/mol. The first-order chi connectivity index (χ1) is 15.9. The maximum Gasteiger partial charge on any atom is 0.0708 e. The van der Waals surface area contributed by atoms with E-state index in [2.05, 4.69) is 36.4 Å². The summed E-state index contributed by atoms with van der Waals surface area (Å²) >= 11 is 0. The van der Waals surface area contributed by atoms with Gasteiger partial charge < -0.3 is 0 Å². The van der Waals surface area contributed by atoms with E-state index in [0.717, 1.165) is 33.6 Å². The molecular weight excluding hydrogens is 388 g/mol. The molecule has 4 rings (SSSR count). The smallest absolute Gasteiger partial charge is 0.0708 e. The minimum atomic E-state index is 0.910. The molecule has 0 spiro atoms. The lowest BCUT2D eigenvalue weighted by molar-refractivity contribution is 1.48. The lowest BCUT2D eigenvalue weighted by Crippen LogP contribution is -1.81. The Labute approximate surface area is 189 Å². The molecule has 4 aromatic rings. The van der Waals surface area contributed by atoms with Gasteiger partial charge in [-0.1, -0.05) is 109 Å².